The third-order valence-corrected chi connectivity index (χ3v) is 3.45. The monoisotopic (exact) mass is 241 g/mol. The molecule has 0 atom stereocenters. The fraction of sp³-hybridized carbons (Fsp3) is 0. The number of aromatic nitrogens is 1. The molecule has 2 radical (unpaired) electrons. The molecule has 0 aliphatic rings. The molecule has 19 heavy (non-hydrogen) atoms. The second-order valence-corrected chi connectivity index (χ2v) is 4.55. The maximum absolute atomic E-state index is 3.31. The Morgan fingerprint density at radius 2 is 1.58 bits per heavy atom. The Hall–Kier alpha value is -2.54. The molecule has 0 saturated carbocycles. The predicted molar refractivity (Wildman–Crippen MR) is 78.5 cm³/mol. The molecule has 0 spiro atoms. The molecule has 88 valence electrons. The van der Waals surface area contributed by atoms with Crippen LogP contribution in [0.1, 0.15) is 0 Å². The Kier molecular flexibility index (Phi) is 2.18. The molecular formula is C18H11N. The van der Waals surface area contributed by atoms with Crippen molar-refractivity contribution in [3.05, 3.63) is 78.9 Å². The number of rotatable bonds is 1. The van der Waals surface area contributed by atoms with Crippen molar-refractivity contribution in [1.29, 1.82) is 0 Å². The molecule has 0 saturated heterocycles. The van der Waals surface area contributed by atoms with E-state index >= 15 is 0 Å². The highest BCUT2D eigenvalue weighted by Gasteiger charge is 2.10. The number of nitrogens with zero attached hydrogens (tertiary/aromatic N) is 1. The van der Waals surface area contributed by atoms with Crippen LogP contribution in [-0.2, 0) is 0 Å². The van der Waals surface area contributed by atoms with Gasteiger partial charge in [0.15, 0.2) is 0 Å². The van der Waals surface area contributed by atoms with Crippen LogP contribution in [0.2, 0.25) is 0 Å². The van der Waals surface area contributed by atoms with E-state index in [0.717, 1.165) is 11.2 Å². The van der Waals surface area contributed by atoms with Gasteiger partial charge >= 0.3 is 0 Å². The summed E-state index contributed by atoms with van der Waals surface area (Å²) >= 11 is 0. The van der Waals surface area contributed by atoms with Gasteiger partial charge in [-0.15, -0.1) is 0 Å². The quantitative estimate of drug-likeness (QED) is 0.466. The lowest BCUT2D eigenvalue weighted by atomic mass is 10.2. The molecule has 1 heterocycles. The molecular weight excluding hydrogens is 230 g/mol. The van der Waals surface area contributed by atoms with E-state index in [1.54, 1.807) is 0 Å². The van der Waals surface area contributed by atoms with Gasteiger partial charge in [-0.1, -0.05) is 36.4 Å². The first-order chi connectivity index (χ1) is 9.45. The summed E-state index contributed by atoms with van der Waals surface area (Å²) in [5.74, 6) is 0. The first-order valence-corrected chi connectivity index (χ1v) is 6.31. The highest BCUT2D eigenvalue weighted by molar-refractivity contribution is 6.08. The van der Waals surface area contributed by atoms with E-state index in [2.05, 4.69) is 65.2 Å². The summed E-state index contributed by atoms with van der Waals surface area (Å²) in [6.45, 7) is 0. The van der Waals surface area contributed by atoms with Crippen LogP contribution < -0.4 is 0 Å². The van der Waals surface area contributed by atoms with Gasteiger partial charge in [-0.05, 0) is 36.4 Å². The van der Waals surface area contributed by atoms with Gasteiger partial charge in [0, 0.05) is 22.5 Å². The van der Waals surface area contributed by atoms with Crippen molar-refractivity contribution < 1.29 is 0 Å². The molecule has 0 unspecified atom stereocenters. The fourth-order valence-corrected chi connectivity index (χ4v) is 2.63. The van der Waals surface area contributed by atoms with Crippen molar-refractivity contribution in [2.24, 2.45) is 0 Å². The normalized spacial score (nSPS) is 11.2. The lowest BCUT2D eigenvalue weighted by Gasteiger charge is -2.06. The predicted octanol–water partition coefficient (Wildman–Crippen LogP) is 4.38. The zero-order valence-electron chi connectivity index (χ0n) is 10.3. The lowest BCUT2D eigenvalue weighted by molar-refractivity contribution is 1.18. The van der Waals surface area contributed by atoms with Crippen LogP contribution in [0.15, 0.2) is 66.7 Å². The summed E-state index contributed by atoms with van der Waals surface area (Å²) in [5, 5.41) is 2.44. The molecule has 4 rings (SSSR count). The molecule has 0 aliphatic heterocycles. The largest absolute Gasteiger partial charge is 0.309 e. The van der Waals surface area contributed by atoms with E-state index in [0.29, 0.717) is 0 Å². The second-order valence-electron chi connectivity index (χ2n) is 4.55. The molecule has 4 aromatic rings. The number of hydrogen-bond acceptors (Lipinski definition) is 0. The van der Waals surface area contributed by atoms with Crippen molar-refractivity contribution >= 4 is 21.8 Å². The highest BCUT2D eigenvalue weighted by atomic mass is 15.0. The van der Waals surface area contributed by atoms with Crippen molar-refractivity contribution in [2.75, 3.05) is 0 Å². The van der Waals surface area contributed by atoms with Crippen LogP contribution in [0.25, 0.3) is 27.5 Å². The van der Waals surface area contributed by atoms with E-state index in [-0.39, 0.29) is 0 Å². The average Bonchev–Trinajstić information content (AvgIpc) is 2.83. The first-order valence-electron chi connectivity index (χ1n) is 6.31. The smallest absolute Gasteiger partial charge is 0.0620 e. The van der Waals surface area contributed by atoms with Gasteiger partial charge in [-0.25, -0.2) is 0 Å². The van der Waals surface area contributed by atoms with Gasteiger partial charge < -0.3 is 4.57 Å². The van der Waals surface area contributed by atoms with E-state index in [4.69, 9.17) is 0 Å². The SMILES string of the molecule is [c]1c[c]c2c(c1)c1ccccc1n2-c1ccccc1. The highest BCUT2D eigenvalue weighted by Crippen LogP contribution is 2.30. The average molecular weight is 241 g/mol. The summed E-state index contributed by atoms with van der Waals surface area (Å²) in [6, 6.07) is 29.2. The molecule has 0 bridgehead atoms. The number of hydrogen-bond donors (Lipinski definition) is 0. The van der Waals surface area contributed by atoms with Gasteiger partial charge in [0.05, 0.1) is 11.0 Å². The molecule has 0 aliphatic carbocycles. The van der Waals surface area contributed by atoms with E-state index in [1.165, 1.54) is 16.3 Å². The van der Waals surface area contributed by atoms with E-state index in [1.807, 2.05) is 18.2 Å². The number of benzene rings is 3. The van der Waals surface area contributed by atoms with E-state index in [9.17, 15) is 0 Å². The Morgan fingerprint density at radius 1 is 0.789 bits per heavy atom. The minimum absolute atomic E-state index is 1.10. The molecule has 0 fully saturated rings. The molecule has 3 aromatic carbocycles. The molecule has 1 nitrogen and oxygen atoms in total. The van der Waals surface area contributed by atoms with Crippen LogP contribution >= 0.6 is 0 Å². The number of fused-ring (bicyclic) bond motifs is 3. The van der Waals surface area contributed by atoms with Crippen LogP contribution in [0.4, 0.5) is 0 Å². The molecule has 1 aromatic heterocycles. The number of para-hydroxylation sites is 2. The Morgan fingerprint density at radius 3 is 2.47 bits per heavy atom. The van der Waals surface area contributed by atoms with Crippen molar-refractivity contribution in [1.82, 2.24) is 4.57 Å². The molecule has 0 amide bonds. The van der Waals surface area contributed by atoms with Gasteiger partial charge in [0.2, 0.25) is 0 Å². The third kappa shape index (κ3) is 1.48. The van der Waals surface area contributed by atoms with Gasteiger partial charge in [-0.3, -0.25) is 0 Å². The van der Waals surface area contributed by atoms with Crippen LogP contribution in [0.3, 0.4) is 0 Å². The van der Waals surface area contributed by atoms with Crippen LogP contribution in [0, 0.1) is 12.1 Å². The maximum atomic E-state index is 3.31. The Balaban J connectivity index is 2.24. The minimum Gasteiger partial charge on any atom is -0.309 e. The summed E-state index contributed by atoms with van der Waals surface area (Å²) in [7, 11) is 0. The van der Waals surface area contributed by atoms with Gasteiger partial charge in [0.1, 0.15) is 0 Å². The van der Waals surface area contributed by atoms with E-state index < -0.39 is 0 Å². The summed E-state index contributed by atoms with van der Waals surface area (Å²) in [6.07, 6.45) is 0. The first kappa shape index (κ1) is 10.4. The summed E-state index contributed by atoms with van der Waals surface area (Å²) < 4.78 is 2.25. The minimum atomic E-state index is 1.10. The van der Waals surface area contributed by atoms with Crippen molar-refractivity contribution in [3.63, 3.8) is 0 Å². The van der Waals surface area contributed by atoms with Crippen molar-refractivity contribution in [3.8, 4) is 5.69 Å². The van der Waals surface area contributed by atoms with Crippen LogP contribution in [0.5, 0.6) is 0 Å². The topological polar surface area (TPSA) is 4.93 Å². The summed E-state index contributed by atoms with van der Waals surface area (Å²) in [4.78, 5) is 0. The van der Waals surface area contributed by atoms with Gasteiger partial charge in [-0.2, -0.15) is 0 Å². The Labute approximate surface area is 111 Å². The maximum Gasteiger partial charge on any atom is 0.0620 e. The second kappa shape index (κ2) is 3.99. The van der Waals surface area contributed by atoms with Gasteiger partial charge in [0.25, 0.3) is 0 Å². The van der Waals surface area contributed by atoms with Crippen molar-refractivity contribution in [2.45, 2.75) is 0 Å². The lowest BCUT2D eigenvalue weighted by Crippen LogP contribution is -1.92. The molecule has 1 heteroatoms. The third-order valence-electron chi connectivity index (χ3n) is 3.45. The van der Waals surface area contributed by atoms with Crippen LogP contribution in [-0.4, -0.2) is 4.57 Å². The summed E-state index contributed by atoms with van der Waals surface area (Å²) in [5.41, 5.74) is 3.47. The zero-order chi connectivity index (χ0) is 12.7. The molecule has 0 N–H and O–H groups in total. The zero-order valence-corrected chi connectivity index (χ0v) is 10.3. The fourth-order valence-electron chi connectivity index (χ4n) is 2.63. The standard InChI is InChI=1S/C18H11N/c1-2-8-14(9-3-1)19-17-12-6-4-10-15(17)16-11-5-7-13-18(16)19/h1-4,6-12H. The Bertz CT molecular complexity index is 803.